The van der Waals surface area contributed by atoms with Crippen molar-refractivity contribution < 1.29 is 30.3 Å². The number of hydrogen-bond donors (Lipinski definition) is 5. The molecule has 0 amide bonds. The SMILES string of the molecule is CC(C)=O.CC(C)O.CCC(C)O.CCCO.CCO.CO. The average Bonchev–Trinajstić information content (AvgIpc) is 2.41. The minimum atomic E-state index is -0.167. The summed E-state index contributed by atoms with van der Waals surface area (Å²) >= 11 is 0. The zero-order valence-electron chi connectivity index (χ0n) is 16.1. The molecule has 0 aliphatic heterocycles. The second-order valence-corrected chi connectivity index (χ2v) is 4.30. The van der Waals surface area contributed by atoms with Gasteiger partial charge in [0.1, 0.15) is 5.78 Å². The summed E-state index contributed by atoms with van der Waals surface area (Å²) < 4.78 is 0. The molecule has 22 heavy (non-hydrogen) atoms. The average molecular weight is 331 g/mol. The number of Topliss-reactive ketones (excluding diaryl/α,β-unsaturated/α-hetero) is 1. The maximum absolute atomic E-state index is 9.44. The lowest BCUT2D eigenvalue weighted by atomic mass is 10.3. The highest BCUT2D eigenvalue weighted by atomic mass is 16.3. The third-order valence-electron chi connectivity index (χ3n) is 0.814. The number of hydrogen-bond acceptors (Lipinski definition) is 6. The van der Waals surface area contributed by atoms with Gasteiger partial charge in [0.2, 0.25) is 0 Å². The van der Waals surface area contributed by atoms with Crippen molar-refractivity contribution in [1.82, 2.24) is 0 Å². The molecule has 0 radical (unpaired) electrons. The molecule has 0 spiro atoms. The minimum Gasteiger partial charge on any atom is -0.400 e. The summed E-state index contributed by atoms with van der Waals surface area (Å²) in [6, 6.07) is 0. The normalized spacial score (nSPS) is 8.68. The zero-order valence-corrected chi connectivity index (χ0v) is 16.1. The van der Waals surface area contributed by atoms with E-state index in [-0.39, 0.29) is 24.6 Å². The number of aliphatic hydroxyl groups excluding tert-OH is 5. The molecule has 0 aromatic carbocycles. The van der Waals surface area contributed by atoms with Crippen molar-refractivity contribution >= 4 is 5.78 Å². The van der Waals surface area contributed by atoms with Crippen LogP contribution in [0.25, 0.3) is 0 Å². The molecule has 0 bridgehead atoms. The smallest absolute Gasteiger partial charge is 0.126 e. The second kappa shape index (κ2) is 49.9. The predicted octanol–water partition coefficient (Wildman–Crippen LogP) is 1.76. The van der Waals surface area contributed by atoms with E-state index in [0.717, 1.165) is 20.0 Å². The topological polar surface area (TPSA) is 118 Å². The quantitative estimate of drug-likeness (QED) is 0.526. The predicted molar refractivity (Wildman–Crippen MR) is 94.0 cm³/mol. The van der Waals surface area contributed by atoms with E-state index < -0.39 is 0 Å². The molecular weight excluding hydrogens is 288 g/mol. The van der Waals surface area contributed by atoms with Crippen LogP contribution in [0, 0.1) is 0 Å². The van der Waals surface area contributed by atoms with Crippen LogP contribution >= 0.6 is 0 Å². The van der Waals surface area contributed by atoms with Crippen LogP contribution in [-0.4, -0.2) is 63.8 Å². The van der Waals surface area contributed by atoms with E-state index >= 15 is 0 Å². The molecule has 0 saturated heterocycles. The summed E-state index contributed by atoms with van der Waals surface area (Å²) in [6.07, 6.45) is 1.45. The number of aliphatic hydroxyl groups is 5. The van der Waals surface area contributed by atoms with Crippen molar-refractivity contribution in [2.24, 2.45) is 0 Å². The van der Waals surface area contributed by atoms with Crippen LogP contribution in [-0.2, 0) is 4.79 Å². The molecular formula is C16H42O6. The van der Waals surface area contributed by atoms with E-state index in [1.807, 2.05) is 13.8 Å². The van der Waals surface area contributed by atoms with Gasteiger partial charge in [-0.05, 0) is 54.4 Å². The molecule has 0 heterocycles. The number of carbonyl (C=O) groups excluding carboxylic acids is 1. The lowest BCUT2D eigenvalue weighted by molar-refractivity contribution is -0.115. The lowest BCUT2D eigenvalue weighted by Crippen LogP contribution is -1.93. The largest absolute Gasteiger partial charge is 0.400 e. The standard InChI is InChI=1S/C4H10O.C3H8O.C3H6O.C3H8O.C2H6O.CH4O/c1-3-4(2)5;2*1-3(2)4;1-2-3-4;1-2-3;1-2/h4-5H,3H2,1-2H3;3-4H,1-2H3;1-2H3;4H,2-3H2,1H3;3H,2H2,1H3;2H,1H3. The fraction of sp³-hybridized carbons (Fsp3) is 0.938. The fourth-order valence-corrected chi connectivity index (χ4v) is 0. The van der Waals surface area contributed by atoms with Crippen molar-refractivity contribution in [3.05, 3.63) is 0 Å². The van der Waals surface area contributed by atoms with Crippen LogP contribution in [0.3, 0.4) is 0 Å². The van der Waals surface area contributed by atoms with Crippen molar-refractivity contribution in [3.8, 4) is 0 Å². The van der Waals surface area contributed by atoms with E-state index in [9.17, 15) is 4.79 Å². The Kier molecular flexibility index (Phi) is 85.3. The molecule has 0 aliphatic carbocycles. The lowest BCUT2D eigenvalue weighted by Gasteiger charge is -1.90. The first-order valence-corrected chi connectivity index (χ1v) is 7.56. The van der Waals surface area contributed by atoms with Gasteiger partial charge in [0.05, 0.1) is 6.10 Å². The Bertz CT molecular complexity index is 130. The molecule has 0 rings (SSSR count). The second-order valence-electron chi connectivity index (χ2n) is 4.30. The van der Waals surface area contributed by atoms with Crippen molar-refractivity contribution in [3.63, 3.8) is 0 Å². The monoisotopic (exact) mass is 330 g/mol. The molecule has 0 aromatic rings. The van der Waals surface area contributed by atoms with Crippen LogP contribution in [0.2, 0.25) is 0 Å². The Morgan fingerprint density at radius 3 is 1.00 bits per heavy atom. The Morgan fingerprint density at radius 1 is 0.909 bits per heavy atom. The van der Waals surface area contributed by atoms with E-state index in [1.165, 1.54) is 13.8 Å². The molecule has 0 aliphatic rings. The molecule has 1 atom stereocenters. The van der Waals surface area contributed by atoms with Gasteiger partial charge >= 0.3 is 0 Å². The van der Waals surface area contributed by atoms with Gasteiger partial charge in [0, 0.05) is 26.4 Å². The minimum absolute atomic E-state index is 0.116. The van der Waals surface area contributed by atoms with Gasteiger partial charge in [-0.2, -0.15) is 0 Å². The van der Waals surface area contributed by atoms with Crippen molar-refractivity contribution in [2.75, 3.05) is 20.3 Å². The van der Waals surface area contributed by atoms with Gasteiger partial charge in [-0.3, -0.25) is 0 Å². The first kappa shape index (κ1) is 37.6. The molecule has 142 valence electrons. The number of rotatable bonds is 2. The van der Waals surface area contributed by atoms with Gasteiger partial charge in [-0.25, -0.2) is 0 Å². The molecule has 6 heteroatoms. The summed E-state index contributed by atoms with van der Waals surface area (Å²) in [5, 5.41) is 38.9. The fourth-order valence-electron chi connectivity index (χ4n) is 0. The first-order valence-electron chi connectivity index (χ1n) is 7.56. The molecule has 5 N–H and O–H groups in total. The maximum atomic E-state index is 9.44. The van der Waals surface area contributed by atoms with E-state index in [0.29, 0.717) is 6.61 Å². The van der Waals surface area contributed by atoms with E-state index in [1.54, 1.807) is 27.7 Å². The van der Waals surface area contributed by atoms with Gasteiger partial charge in [0.25, 0.3) is 0 Å². The first-order chi connectivity index (χ1) is 10.1. The highest BCUT2D eigenvalue weighted by molar-refractivity contribution is 5.72. The van der Waals surface area contributed by atoms with Crippen LogP contribution in [0.1, 0.15) is 68.2 Å². The highest BCUT2D eigenvalue weighted by Crippen LogP contribution is 1.81. The van der Waals surface area contributed by atoms with Crippen molar-refractivity contribution in [1.29, 1.82) is 0 Å². The Balaban J connectivity index is -0.0000000356. The van der Waals surface area contributed by atoms with Gasteiger partial charge in [0.15, 0.2) is 0 Å². The van der Waals surface area contributed by atoms with Gasteiger partial charge in [-0.15, -0.1) is 0 Å². The van der Waals surface area contributed by atoms with Crippen LogP contribution in [0.4, 0.5) is 0 Å². The third-order valence-corrected chi connectivity index (χ3v) is 0.814. The summed E-state index contributed by atoms with van der Waals surface area (Å²) in [6.45, 7) is 14.4. The Morgan fingerprint density at radius 2 is 1.00 bits per heavy atom. The summed E-state index contributed by atoms with van der Waals surface area (Å²) in [4.78, 5) is 9.44. The van der Waals surface area contributed by atoms with Crippen molar-refractivity contribution in [2.45, 2.75) is 80.4 Å². The van der Waals surface area contributed by atoms with Crippen LogP contribution in [0.15, 0.2) is 0 Å². The number of carbonyl (C=O) groups is 1. The van der Waals surface area contributed by atoms with Gasteiger partial charge < -0.3 is 30.3 Å². The van der Waals surface area contributed by atoms with Crippen LogP contribution in [0.5, 0.6) is 0 Å². The van der Waals surface area contributed by atoms with E-state index in [2.05, 4.69) is 0 Å². The van der Waals surface area contributed by atoms with Crippen LogP contribution < -0.4 is 0 Å². The third kappa shape index (κ3) is 1090. The summed E-state index contributed by atoms with van der Waals surface area (Å²) in [7, 11) is 1.00. The van der Waals surface area contributed by atoms with E-state index in [4.69, 9.17) is 25.5 Å². The molecule has 1 unspecified atom stereocenters. The highest BCUT2D eigenvalue weighted by Gasteiger charge is 1.81. The molecule has 0 fully saturated rings. The molecule has 6 nitrogen and oxygen atoms in total. The zero-order chi connectivity index (χ0) is 19.6. The maximum Gasteiger partial charge on any atom is 0.126 e. The summed E-state index contributed by atoms with van der Waals surface area (Å²) in [5.74, 6) is 0.167. The Hall–Kier alpha value is -0.530. The summed E-state index contributed by atoms with van der Waals surface area (Å²) in [5.41, 5.74) is 0. The van der Waals surface area contributed by atoms with Gasteiger partial charge in [-0.1, -0.05) is 13.8 Å². The number of ketones is 1. The molecule has 0 aromatic heterocycles. The Labute approximate surface area is 137 Å². The molecule has 0 saturated carbocycles.